The van der Waals surface area contributed by atoms with Crippen molar-refractivity contribution < 1.29 is 72.4 Å². The van der Waals surface area contributed by atoms with Gasteiger partial charge in [-0.1, -0.05) is 30.0 Å². The van der Waals surface area contributed by atoms with Crippen molar-refractivity contribution in [2.45, 2.75) is 44.2 Å². The number of nitrogens with zero attached hydrogens (tertiary/aromatic N) is 4. The van der Waals surface area contributed by atoms with E-state index in [1.807, 2.05) is 18.7 Å². The summed E-state index contributed by atoms with van der Waals surface area (Å²) in [7, 11) is 0. The second-order valence-corrected chi connectivity index (χ2v) is 11.8. The number of ether oxygens (including phenoxy) is 1. The van der Waals surface area contributed by atoms with E-state index in [4.69, 9.17) is 4.74 Å². The third kappa shape index (κ3) is 5.97. The van der Waals surface area contributed by atoms with E-state index in [0.717, 1.165) is 4.83 Å². The smallest absolute Gasteiger partial charge is 0.533 e. The number of nitro groups is 1. The van der Waals surface area contributed by atoms with Crippen LogP contribution in [0.15, 0.2) is 47.5 Å². The Morgan fingerprint density at radius 2 is 1.95 bits per heavy atom. The summed E-state index contributed by atoms with van der Waals surface area (Å²) in [5.74, 6) is -3.27. The van der Waals surface area contributed by atoms with Crippen molar-refractivity contribution in [3.63, 3.8) is 0 Å². The van der Waals surface area contributed by atoms with Gasteiger partial charge < -0.3 is 48.7 Å². The van der Waals surface area contributed by atoms with Crippen LogP contribution in [0.5, 0.6) is 0 Å². The standard InChI is InChI=1S/C26H25N5O10S2.HI/c1-12-18(21(25(35)36)30-20(12)19(13(2)32)22(30)34)16-8-28-11-29(23(42-3)24(28)43-16)9-17(33)27-41-26(37)40-10-14-4-6-15(7-5-14)31(38)39;/h4-8,11-13,19-20,32H,9-10H2,1-3H3,(H-,27,33,35,36);1H/t12-,13+,19+,20+;/m0./s1. The summed E-state index contributed by atoms with van der Waals surface area (Å²) in [4.78, 5) is 66.8. The first-order valence-electron chi connectivity index (χ1n) is 12.9. The van der Waals surface area contributed by atoms with Gasteiger partial charge in [-0.15, -0.1) is 0 Å². The van der Waals surface area contributed by atoms with Crippen LogP contribution in [0.1, 0.15) is 24.3 Å². The van der Waals surface area contributed by atoms with Gasteiger partial charge in [0.2, 0.25) is 15.8 Å². The number of β-lactam (4-membered cyclic amide) rings is 1. The number of nitro benzene ring substituents is 1. The molecule has 2 amide bonds. The van der Waals surface area contributed by atoms with Crippen LogP contribution in [0.25, 0.3) is 10.4 Å². The van der Waals surface area contributed by atoms with Gasteiger partial charge >= 0.3 is 12.1 Å². The minimum atomic E-state index is -1.22. The number of carbonyl (C=O) groups is 4. The maximum Gasteiger partial charge on any atom is 0.533 e. The molecule has 0 bridgehead atoms. The number of benzene rings is 1. The highest BCUT2D eigenvalue weighted by molar-refractivity contribution is 7.98. The molecule has 4 atom stereocenters. The summed E-state index contributed by atoms with van der Waals surface area (Å²) in [5.41, 5.74) is 2.83. The van der Waals surface area contributed by atoms with Crippen LogP contribution >= 0.6 is 23.1 Å². The molecule has 2 aliphatic heterocycles. The molecule has 1 fully saturated rings. The maximum atomic E-state index is 12.7. The summed E-state index contributed by atoms with van der Waals surface area (Å²) in [6.45, 7) is 2.93. The molecule has 1 aromatic carbocycles. The van der Waals surface area contributed by atoms with Gasteiger partial charge in [0.05, 0.1) is 27.9 Å². The second kappa shape index (κ2) is 13.1. The lowest BCUT2D eigenvalue weighted by molar-refractivity contribution is -0.718. The lowest BCUT2D eigenvalue weighted by atomic mass is 9.77. The van der Waals surface area contributed by atoms with Gasteiger partial charge in [-0.05, 0) is 30.9 Å². The molecule has 3 aromatic rings. The predicted octanol–water partition coefficient (Wildman–Crippen LogP) is -1.04. The molecule has 15 nitrogen and oxygen atoms in total. The first kappa shape index (κ1) is 33.1. The average molecular weight is 760 g/mol. The molecule has 0 aliphatic carbocycles. The van der Waals surface area contributed by atoms with Crippen LogP contribution < -0.4 is 34.0 Å². The Hall–Kier alpha value is -3.75. The Bertz CT molecular complexity index is 1690. The van der Waals surface area contributed by atoms with Gasteiger partial charge in [-0.3, -0.25) is 19.7 Å². The van der Waals surface area contributed by atoms with Crippen molar-refractivity contribution in [3.05, 3.63) is 63.0 Å². The minimum Gasteiger partial charge on any atom is -1.00 e. The van der Waals surface area contributed by atoms with Crippen molar-refractivity contribution in [1.82, 2.24) is 14.8 Å². The zero-order chi connectivity index (χ0) is 31.2. The SMILES string of the molecule is CSc1c2sc(C3=C(C(=O)O)N4C(=O)[C@H]([C@@H](C)O)[C@H]4[C@H]3C)cn2c[n+]1CC(=O)NOC(=O)OCc1ccc([N+](=O)[O-])cc1.[I-]. The van der Waals surface area contributed by atoms with Crippen LogP contribution in [0, 0.1) is 22.0 Å². The molecule has 4 heterocycles. The fourth-order valence-corrected chi connectivity index (χ4v) is 7.62. The van der Waals surface area contributed by atoms with Gasteiger partial charge in [0.15, 0.2) is 6.54 Å². The Kier molecular flexibility index (Phi) is 9.86. The van der Waals surface area contributed by atoms with E-state index >= 15 is 0 Å². The first-order chi connectivity index (χ1) is 20.4. The normalized spacial score (nSPS) is 19.6. The van der Waals surface area contributed by atoms with Crippen molar-refractivity contribution in [1.29, 1.82) is 0 Å². The predicted molar refractivity (Wildman–Crippen MR) is 149 cm³/mol. The Labute approximate surface area is 274 Å². The van der Waals surface area contributed by atoms with Crippen molar-refractivity contribution in [3.8, 4) is 0 Å². The molecule has 234 valence electrons. The number of carboxylic acid groups (broad SMARTS) is 1. The van der Waals surface area contributed by atoms with Gasteiger partial charge in [0, 0.05) is 23.6 Å². The molecule has 0 unspecified atom stereocenters. The van der Waals surface area contributed by atoms with Crippen LogP contribution in [-0.2, 0) is 37.1 Å². The molecule has 5 rings (SSSR count). The molecule has 0 radical (unpaired) electrons. The van der Waals surface area contributed by atoms with E-state index in [0.29, 0.717) is 21.0 Å². The highest BCUT2D eigenvalue weighted by Gasteiger charge is 2.60. The van der Waals surface area contributed by atoms with E-state index < -0.39 is 46.9 Å². The molecule has 2 aromatic heterocycles. The molecule has 3 N–H and O–H groups in total. The van der Waals surface area contributed by atoms with Gasteiger partial charge in [0.25, 0.3) is 17.9 Å². The number of amides is 2. The number of carboxylic acids is 1. The quantitative estimate of drug-likeness (QED) is 0.0459. The van der Waals surface area contributed by atoms with Crippen LogP contribution in [-0.4, -0.2) is 66.8 Å². The molecule has 18 heteroatoms. The maximum absolute atomic E-state index is 12.7. The number of aromatic nitrogens is 2. The number of nitrogens with one attached hydrogen (secondary N) is 1. The van der Waals surface area contributed by atoms with Gasteiger partial charge in [-0.25, -0.2) is 14.2 Å². The fourth-order valence-electron chi connectivity index (χ4n) is 5.44. The summed E-state index contributed by atoms with van der Waals surface area (Å²) >= 11 is 2.67. The molecule has 44 heavy (non-hydrogen) atoms. The number of rotatable bonds is 9. The Morgan fingerprint density at radius 1 is 1.27 bits per heavy atom. The van der Waals surface area contributed by atoms with E-state index in [2.05, 4.69) is 4.84 Å². The van der Waals surface area contributed by atoms with Crippen LogP contribution in [0.4, 0.5) is 10.5 Å². The third-order valence-corrected chi connectivity index (χ3v) is 9.39. The third-order valence-electron chi connectivity index (χ3n) is 7.30. The Morgan fingerprint density at radius 3 is 2.55 bits per heavy atom. The highest BCUT2D eigenvalue weighted by Crippen LogP contribution is 2.51. The summed E-state index contributed by atoms with van der Waals surface area (Å²) < 4.78 is 8.29. The molecular formula is C26H26IN5O10S2. The molecule has 0 saturated carbocycles. The van der Waals surface area contributed by atoms with Crippen molar-refractivity contribution in [2.24, 2.45) is 11.8 Å². The van der Waals surface area contributed by atoms with Crippen LogP contribution in [0.2, 0.25) is 0 Å². The zero-order valence-corrected chi connectivity index (χ0v) is 27.1. The van der Waals surface area contributed by atoms with Crippen LogP contribution in [0.3, 0.4) is 0 Å². The number of hydrogen-bond acceptors (Lipinski definition) is 11. The number of aliphatic carboxylic acids is 1. The number of imidazole rings is 1. The Balaban J connectivity index is 0.00000442. The number of hydrogen-bond donors (Lipinski definition) is 3. The van der Waals surface area contributed by atoms with E-state index in [1.54, 1.807) is 21.5 Å². The lowest BCUT2D eigenvalue weighted by Gasteiger charge is -2.46. The topological polar surface area (TPSA) is 194 Å². The summed E-state index contributed by atoms with van der Waals surface area (Å²) in [6, 6.07) is 4.95. The van der Waals surface area contributed by atoms with E-state index in [-0.39, 0.29) is 54.4 Å². The molecule has 1 saturated heterocycles. The van der Waals surface area contributed by atoms with E-state index in [1.165, 1.54) is 59.2 Å². The number of aliphatic hydroxyl groups is 1. The number of hydroxylamine groups is 1. The number of fused-ring (bicyclic) bond motifs is 2. The summed E-state index contributed by atoms with van der Waals surface area (Å²) in [5, 5.41) is 31.5. The van der Waals surface area contributed by atoms with E-state index in [9.17, 15) is 39.5 Å². The van der Waals surface area contributed by atoms with Gasteiger partial charge in [-0.2, -0.15) is 9.88 Å². The minimum absolute atomic E-state index is 0. The molecule has 2 aliphatic rings. The average Bonchev–Trinajstić information content (AvgIpc) is 3.57. The van der Waals surface area contributed by atoms with Crippen molar-refractivity contribution in [2.75, 3.05) is 6.26 Å². The van der Waals surface area contributed by atoms with Gasteiger partial charge in [0.1, 0.15) is 18.5 Å². The number of thioether (sulfide) groups is 1. The first-order valence-corrected chi connectivity index (χ1v) is 14.9. The largest absolute Gasteiger partial charge is 1.00 e. The molecular weight excluding hydrogens is 733 g/mol. The number of thiazole rings is 1. The zero-order valence-electron chi connectivity index (χ0n) is 23.3. The van der Waals surface area contributed by atoms with Crippen molar-refractivity contribution >= 4 is 63.1 Å². The number of carbonyl (C=O) groups excluding carboxylic acids is 3. The lowest BCUT2D eigenvalue weighted by Crippen LogP contribution is -3.00. The highest BCUT2D eigenvalue weighted by atomic mass is 127. The fraction of sp³-hybridized carbons (Fsp3) is 0.346. The number of non-ortho nitro benzene ring substituents is 1. The number of aliphatic hydroxyl groups excluding tert-OH is 1. The monoisotopic (exact) mass is 759 g/mol. The number of halogens is 1. The second-order valence-electron chi connectivity index (χ2n) is 9.97. The molecule has 0 spiro atoms. The summed E-state index contributed by atoms with van der Waals surface area (Å²) in [6.07, 6.45) is 3.13.